The molecule has 0 aromatic heterocycles. The molecule has 2 saturated heterocycles. The molecule has 0 bridgehead atoms. The Morgan fingerprint density at radius 1 is 0.529 bits per heavy atom. The Kier molecular flexibility index (Phi) is 8.21. The molecule has 3 aromatic carbocycles. The van der Waals surface area contributed by atoms with E-state index in [-0.39, 0.29) is 0 Å². The van der Waals surface area contributed by atoms with Gasteiger partial charge >= 0.3 is 0 Å². The van der Waals surface area contributed by atoms with Crippen LogP contribution in [-0.4, -0.2) is 38.6 Å². The van der Waals surface area contributed by atoms with Gasteiger partial charge in [-0.1, -0.05) is 87.1 Å². The lowest BCUT2D eigenvalue weighted by Crippen LogP contribution is -2.02. The minimum Gasteiger partial charge on any atom is -0.492 e. The van der Waals surface area contributed by atoms with Crippen molar-refractivity contribution in [1.82, 2.24) is 0 Å². The molecule has 2 atom stereocenters. The fourth-order valence-corrected chi connectivity index (χ4v) is 4.83. The second kappa shape index (κ2) is 11.9. The van der Waals surface area contributed by atoms with Crippen molar-refractivity contribution in [3.8, 4) is 11.5 Å². The average molecular weight is 463 g/mol. The molecule has 4 heteroatoms. The first-order valence-corrected chi connectivity index (χ1v) is 13.3. The number of epoxide rings is 2. The van der Waals surface area contributed by atoms with E-state index in [9.17, 15) is 0 Å². The van der Waals surface area contributed by atoms with Crippen molar-refractivity contribution in [2.24, 2.45) is 0 Å². The van der Waals surface area contributed by atoms with Crippen molar-refractivity contribution in [1.29, 1.82) is 0 Å². The fourth-order valence-electron chi connectivity index (χ4n) is 4.83. The summed E-state index contributed by atoms with van der Waals surface area (Å²) in [7, 11) is 0. The van der Waals surface area contributed by atoms with Crippen LogP contribution in [-0.2, 0) is 9.47 Å². The maximum atomic E-state index is 6.43. The zero-order valence-electron chi connectivity index (χ0n) is 20.3. The molecule has 4 nitrogen and oxygen atoms in total. The van der Waals surface area contributed by atoms with Gasteiger partial charge in [-0.3, -0.25) is 0 Å². The Balaban J connectivity index is 1.21. The van der Waals surface area contributed by atoms with E-state index in [0.29, 0.717) is 12.2 Å². The molecular formula is C30H38O4. The molecule has 2 fully saturated rings. The zero-order chi connectivity index (χ0) is 23.0. The molecule has 3 aromatic rings. The maximum absolute atomic E-state index is 6.43. The first-order chi connectivity index (χ1) is 16.9. The lowest BCUT2D eigenvalue weighted by Gasteiger charge is -2.18. The Labute approximate surface area is 203 Å². The number of unbranched alkanes of at least 4 members (excludes halogenated alkanes) is 6. The summed E-state index contributed by atoms with van der Waals surface area (Å²) in [5, 5.41) is 4.58. The van der Waals surface area contributed by atoms with Gasteiger partial charge in [-0.2, -0.15) is 0 Å². The largest absolute Gasteiger partial charge is 0.492 e. The Morgan fingerprint density at radius 2 is 0.882 bits per heavy atom. The van der Waals surface area contributed by atoms with Crippen LogP contribution in [0.4, 0.5) is 0 Å². The SMILES string of the molecule is c1ccc2c(OCCCCCCC3CO3)c3ccccc3c(OCCCCCCC3CO3)c2c1. The third kappa shape index (κ3) is 6.43. The molecule has 2 heterocycles. The van der Waals surface area contributed by atoms with Gasteiger partial charge in [0.15, 0.2) is 0 Å². The highest BCUT2D eigenvalue weighted by atomic mass is 16.6. The van der Waals surface area contributed by atoms with Crippen LogP contribution < -0.4 is 9.47 Å². The lowest BCUT2D eigenvalue weighted by atomic mass is 10.0. The first-order valence-electron chi connectivity index (χ1n) is 13.3. The molecule has 5 rings (SSSR count). The predicted molar refractivity (Wildman–Crippen MR) is 138 cm³/mol. The third-order valence-corrected chi connectivity index (χ3v) is 6.97. The summed E-state index contributed by atoms with van der Waals surface area (Å²) in [5.74, 6) is 1.99. The summed E-state index contributed by atoms with van der Waals surface area (Å²) in [5.41, 5.74) is 0. The Bertz CT molecular complexity index is 913. The van der Waals surface area contributed by atoms with Crippen LogP contribution in [0.5, 0.6) is 11.5 Å². The molecule has 182 valence electrons. The van der Waals surface area contributed by atoms with E-state index in [0.717, 1.165) is 72.3 Å². The Hall–Kier alpha value is -2.30. The molecule has 0 N–H and O–H groups in total. The summed E-state index contributed by atoms with van der Waals surface area (Å²) in [4.78, 5) is 0. The standard InChI is InChI=1S/C30H38O4/c1(5-13-23-21-33-23)3-11-19-31-29-25-15-7-9-17-27(25)30(28-18-10-8-16-26(28)29)32-20-12-4-2-6-14-24-22-34-24/h7-10,15-18,23-24H,1-6,11-14,19-22H2. The summed E-state index contributed by atoms with van der Waals surface area (Å²) in [6.45, 7) is 3.44. The molecule has 0 amide bonds. The van der Waals surface area contributed by atoms with Crippen LogP contribution in [0.2, 0.25) is 0 Å². The second-order valence-corrected chi connectivity index (χ2v) is 9.76. The molecule has 0 spiro atoms. The summed E-state index contributed by atoms with van der Waals surface area (Å²) in [6, 6.07) is 17.0. The minimum absolute atomic E-state index is 0.553. The average Bonchev–Trinajstić information content (AvgIpc) is 3.79. The van der Waals surface area contributed by atoms with Gasteiger partial charge in [0.1, 0.15) is 11.5 Å². The van der Waals surface area contributed by atoms with Crippen molar-refractivity contribution in [2.75, 3.05) is 26.4 Å². The summed E-state index contributed by atoms with van der Waals surface area (Å²) >= 11 is 0. The second-order valence-electron chi connectivity index (χ2n) is 9.76. The van der Waals surface area contributed by atoms with E-state index >= 15 is 0 Å². The zero-order valence-corrected chi connectivity index (χ0v) is 20.3. The van der Waals surface area contributed by atoms with Crippen molar-refractivity contribution >= 4 is 21.5 Å². The fraction of sp³-hybridized carbons (Fsp3) is 0.533. The third-order valence-electron chi connectivity index (χ3n) is 6.97. The van der Waals surface area contributed by atoms with Crippen molar-refractivity contribution < 1.29 is 18.9 Å². The quantitative estimate of drug-likeness (QED) is 0.126. The van der Waals surface area contributed by atoms with Crippen LogP contribution in [0.1, 0.15) is 64.2 Å². The van der Waals surface area contributed by atoms with E-state index < -0.39 is 0 Å². The highest BCUT2D eigenvalue weighted by Crippen LogP contribution is 2.42. The van der Waals surface area contributed by atoms with E-state index in [1.165, 1.54) is 51.4 Å². The van der Waals surface area contributed by atoms with Crippen molar-refractivity contribution in [3.05, 3.63) is 48.5 Å². The van der Waals surface area contributed by atoms with Crippen LogP contribution in [0, 0.1) is 0 Å². The van der Waals surface area contributed by atoms with Crippen molar-refractivity contribution in [2.45, 2.75) is 76.4 Å². The van der Waals surface area contributed by atoms with Gasteiger partial charge in [0.05, 0.1) is 38.6 Å². The van der Waals surface area contributed by atoms with Gasteiger partial charge < -0.3 is 18.9 Å². The topological polar surface area (TPSA) is 43.5 Å². The molecule has 34 heavy (non-hydrogen) atoms. The van der Waals surface area contributed by atoms with Gasteiger partial charge in [0, 0.05) is 21.5 Å². The van der Waals surface area contributed by atoms with Gasteiger partial charge in [-0.15, -0.1) is 0 Å². The number of rotatable bonds is 16. The van der Waals surface area contributed by atoms with Crippen LogP contribution >= 0.6 is 0 Å². The van der Waals surface area contributed by atoms with Gasteiger partial charge in [-0.25, -0.2) is 0 Å². The molecular weight excluding hydrogens is 424 g/mol. The molecule has 0 saturated carbocycles. The highest BCUT2D eigenvalue weighted by Gasteiger charge is 2.21. The van der Waals surface area contributed by atoms with E-state index in [1.54, 1.807) is 0 Å². The van der Waals surface area contributed by atoms with Crippen LogP contribution in [0.15, 0.2) is 48.5 Å². The highest BCUT2D eigenvalue weighted by molar-refractivity contribution is 6.11. The summed E-state index contributed by atoms with van der Waals surface area (Å²) in [6.07, 6.45) is 13.1. The molecule has 0 aliphatic carbocycles. The smallest absolute Gasteiger partial charge is 0.135 e. The summed E-state index contributed by atoms with van der Waals surface area (Å²) < 4.78 is 23.5. The minimum atomic E-state index is 0.553. The number of benzene rings is 3. The monoisotopic (exact) mass is 462 g/mol. The predicted octanol–water partition coefficient (Wildman–Crippen LogP) is 7.45. The number of fused-ring (bicyclic) bond motifs is 2. The molecule has 2 aliphatic heterocycles. The molecule has 2 aliphatic rings. The number of hydrogen-bond donors (Lipinski definition) is 0. The van der Waals surface area contributed by atoms with E-state index in [1.807, 2.05) is 0 Å². The van der Waals surface area contributed by atoms with Gasteiger partial charge in [0.25, 0.3) is 0 Å². The molecule has 0 radical (unpaired) electrons. The van der Waals surface area contributed by atoms with E-state index in [4.69, 9.17) is 18.9 Å². The van der Waals surface area contributed by atoms with Crippen LogP contribution in [0.3, 0.4) is 0 Å². The Morgan fingerprint density at radius 3 is 1.24 bits per heavy atom. The normalized spacial score (nSPS) is 18.9. The maximum Gasteiger partial charge on any atom is 0.135 e. The van der Waals surface area contributed by atoms with Crippen molar-refractivity contribution in [3.63, 3.8) is 0 Å². The first kappa shape index (κ1) is 23.4. The van der Waals surface area contributed by atoms with Gasteiger partial charge in [0.2, 0.25) is 0 Å². The van der Waals surface area contributed by atoms with E-state index in [2.05, 4.69) is 48.5 Å². The molecule has 2 unspecified atom stereocenters. The lowest BCUT2D eigenvalue weighted by molar-refractivity contribution is 0.305. The van der Waals surface area contributed by atoms with Crippen LogP contribution in [0.25, 0.3) is 21.5 Å². The van der Waals surface area contributed by atoms with Gasteiger partial charge in [-0.05, 0) is 25.7 Å². The number of ether oxygens (including phenoxy) is 4. The number of hydrogen-bond acceptors (Lipinski definition) is 4.